The fourth-order valence-corrected chi connectivity index (χ4v) is 3.01. The second-order valence-electron chi connectivity index (χ2n) is 2.87. The molecule has 2 rings (SSSR count). The Morgan fingerprint density at radius 3 is 2.85 bits per heavy atom. The van der Waals surface area contributed by atoms with Crippen LogP contribution in [0, 0.1) is 0 Å². The summed E-state index contributed by atoms with van der Waals surface area (Å²) in [7, 11) is 0. The zero-order valence-corrected chi connectivity index (χ0v) is 9.22. The quantitative estimate of drug-likeness (QED) is 0.799. The van der Waals surface area contributed by atoms with Gasteiger partial charge in [-0.2, -0.15) is 0 Å². The van der Waals surface area contributed by atoms with Crippen LogP contribution in [0.5, 0.6) is 0 Å². The molecule has 1 N–H and O–H groups in total. The van der Waals surface area contributed by atoms with E-state index in [0.717, 1.165) is 22.9 Å². The van der Waals surface area contributed by atoms with E-state index in [-0.39, 0.29) is 0 Å². The highest BCUT2D eigenvalue weighted by atomic mass is 35.5. The molecule has 1 saturated heterocycles. The second kappa shape index (κ2) is 4.09. The maximum absolute atomic E-state index is 6.07. The molecule has 0 bridgehead atoms. The summed E-state index contributed by atoms with van der Waals surface area (Å²) in [5.74, 6) is 1.14. The molecule has 1 fully saturated rings. The molecule has 0 spiro atoms. The van der Waals surface area contributed by atoms with E-state index in [1.165, 1.54) is 0 Å². The van der Waals surface area contributed by atoms with Crippen molar-refractivity contribution >= 4 is 35.0 Å². The smallest absolute Gasteiger partial charge is 0.0804 e. The topological polar surface area (TPSA) is 12.0 Å². The normalized spacial score (nSPS) is 22.2. The van der Waals surface area contributed by atoms with E-state index in [4.69, 9.17) is 23.2 Å². The Labute approximate surface area is 91.8 Å². The minimum atomic E-state index is 0.338. The average molecular weight is 234 g/mol. The van der Waals surface area contributed by atoms with Gasteiger partial charge in [-0.25, -0.2) is 0 Å². The third kappa shape index (κ3) is 2.13. The number of nitrogens with one attached hydrogen (secondary N) is 1. The van der Waals surface area contributed by atoms with Gasteiger partial charge in [0, 0.05) is 22.3 Å². The van der Waals surface area contributed by atoms with Crippen molar-refractivity contribution in [2.45, 2.75) is 5.37 Å². The largest absolute Gasteiger partial charge is 0.301 e. The predicted octanol–water partition coefficient (Wildman–Crippen LogP) is 3.33. The lowest BCUT2D eigenvalue weighted by molar-refractivity contribution is 0.751. The lowest BCUT2D eigenvalue weighted by atomic mass is 10.2. The van der Waals surface area contributed by atoms with Gasteiger partial charge in [0.15, 0.2) is 0 Å². The molecule has 1 aromatic carbocycles. The molecule has 0 amide bonds. The number of thioether (sulfide) groups is 1. The first-order valence-electron chi connectivity index (χ1n) is 4.07. The molecular weight excluding hydrogens is 225 g/mol. The molecule has 1 nitrogen and oxygen atoms in total. The number of hydrogen-bond donors (Lipinski definition) is 1. The van der Waals surface area contributed by atoms with E-state index in [1.807, 2.05) is 23.9 Å². The van der Waals surface area contributed by atoms with E-state index in [2.05, 4.69) is 5.32 Å². The van der Waals surface area contributed by atoms with Crippen LogP contribution in [0.3, 0.4) is 0 Å². The summed E-state index contributed by atoms with van der Waals surface area (Å²) in [5.41, 5.74) is 1.13. The van der Waals surface area contributed by atoms with Crippen molar-refractivity contribution in [2.75, 3.05) is 12.3 Å². The molecule has 1 aromatic rings. The fourth-order valence-electron chi connectivity index (χ4n) is 1.34. The summed E-state index contributed by atoms with van der Waals surface area (Å²) < 4.78 is 0. The van der Waals surface area contributed by atoms with E-state index in [1.54, 1.807) is 6.07 Å². The van der Waals surface area contributed by atoms with Crippen LogP contribution in [-0.2, 0) is 0 Å². The molecule has 1 atom stereocenters. The van der Waals surface area contributed by atoms with Crippen molar-refractivity contribution in [3.05, 3.63) is 33.8 Å². The molecule has 1 aliphatic heterocycles. The Kier molecular flexibility index (Phi) is 3.04. The van der Waals surface area contributed by atoms with Crippen LogP contribution in [0.2, 0.25) is 10.0 Å². The van der Waals surface area contributed by atoms with Crippen LogP contribution in [0.25, 0.3) is 0 Å². The van der Waals surface area contributed by atoms with Gasteiger partial charge in [-0.3, -0.25) is 0 Å². The first-order chi connectivity index (χ1) is 6.27. The van der Waals surface area contributed by atoms with E-state index < -0.39 is 0 Å². The number of rotatable bonds is 1. The SMILES string of the molecule is Clc1ccc([C@H]2NCCS2)c(Cl)c1. The van der Waals surface area contributed by atoms with Gasteiger partial charge in [-0.15, -0.1) is 11.8 Å². The molecule has 1 heterocycles. The maximum atomic E-state index is 6.07. The van der Waals surface area contributed by atoms with E-state index in [0.29, 0.717) is 10.4 Å². The summed E-state index contributed by atoms with van der Waals surface area (Å²) in [4.78, 5) is 0. The van der Waals surface area contributed by atoms with Gasteiger partial charge in [-0.1, -0.05) is 29.3 Å². The van der Waals surface area contributed by atoms with Crippen molar-refractivity contribution < 1.29 is 0 Å². The van der Waals surface area contributed by atoms with Crippen LogP contribution < -0.4 is 5.32 Å². The van der Waals surface area contributed by atoms with Crippen LogP contribution in [0.4, 0.5) is 0 Å². The van der Waals surface area contributed by atoms with Crippen molar-refractivity contribution in [1.29, 1.82) is 0 Å². The maximum Gasteiger partial charge on any atom is 0.0804 e. The van der Waals surface area contributed by atoms with E-state index in [9.17, 15) is 0 Å². The molecule has 0 aromatic heterocycles. The Morgan fingerprint density at radius 1 is 1.38 bits per heavy atom. The molecule has 0 unspecified atom stereocenters. The summed E-state index contributed by atoms with van der Waals surface area (Å²) in [6, 6.07) is 5.66. The first-order valence-corrected chi connectivity index (χ1v) is 5.88. The second-order valence-corrected chi connectivity index (χ2v) is 4.93. The summed E-state index contributed by atoms with van der Waals surface area (Å²) in [5, 5.41) is 5.15. The fraction of sp³-hybridized carbons (Fsp3) is 0.333. The van der Waals surface area contributed by atoms with Crippen LogP contribution >= 0.6 is 35.0 Å². The van der Waals surface area contributed by atoms with Gasteiger partial charge in [-0.05, 0) is 17.7 Å². The monoisotopic (exact) mass is 233 g/mol. The Balaban J connectivity index is 2.29. The number of benzene rings is 1. The lowest BCUT2D eigenvalue weighted by Crippen LogP contribution is -2.12. The Morgan fingerprint density at radius 2 is 2.23 bits per heavy atom. The van der Waals surface area contributed by atoms with Crippen LogP contribution in [0.1, 0.15) is 10.9 Å². The average Bonchev–Trinajstić information content (AvgIpc) is 2.56. The summed E-state index contributed by atoms with van der Waals surface area (Å²) in [6.45, 7) is 1.05. The molecular formula is C9H9Cl2NS. The highest BCUT2D eigenvalue weighted by Crippen LogP contribution is 2.35. The first kappa shape index (κ1) is 9.66. The molecule has 70 valence electrons. The molecule has 13 heavy (non-hydrogen) atoms. The van der Waals surface area contributed by atoms with Crippen molar-refractivity contribution in [3.63, 3.8) is 0 Å². The Bertz CT molecular complexity index is 310. The van der Waals surface area contributed by atoms with Gasteiger partial charge >= 0.3 is 0 Å². The highest BCUT2D eigenvalue weighted by molar-refractivity contribution is 7.99. The molecule has 0 radical (unpaired) electrons. The number of halogens is 2. The minimum Gasteiger partial charge on any atom is -0.301 e. The summed E-state index contributed by atoms with van der Waals surface area (Å²) in [6.07, 6.45) is 0. The zero-order valence-electron chi connectivity index (χ0n) is 6.89. The molecule has 4 heteroatoms. The predicted molar refractivity (Wildman–Crippen MR) is 59.7 cm³/mol. The van der Waals surface area contributed by atoms with Gasteiger partial charge in [0.2, 0.25) is 0 Å². The number of hydrogen-bond acceptors (Lipinski definition) is 2. The van der Waals surface area contributed by atoms with Gasteiger partial charge in [0.1, 0.15) is 0 Å². The summed E-state index contributed by atoms with van der Waals surface area (Å²) >= 11 is 13.8. The highest BCUT2D eigenvalue weighted by Gasteiger charge is 2.18. The van der Waals surface area contributed by atoms with Crippen LogP contribution in [0.15, 0.2) is 18.2 Å². The standard InChI is InChI=1S/C9H9Cl2NS/c10-6-1-2-7(8(11)5-6)9-12-3-4-13-9/h1-2,5,9,12H,3-4H2/t9-/m0/s1. The Hall–Kier alpha value is 0.110. The van der Waals surface area contributed by atoms with Gasteiger partial charge in [0.25, 0.3) is 0 Å². The minimum absolute atomic E-state index is 0.338. The van der Waals surface area contributed by atoms with Crippen molar-refractivity contribution in [1.82, 2.24) is 5.32 Å². The van der Waals surface area contributed by atoms with Gasteiger partial charge < -0.3 is 5.32 Å². The third-order valence-corrected chi connectivity index (χ3v) is 3.72. The third-order valence-electron chi connectivity index (χ3n) is 1.96. The lowest BCUT2D eigenvalue weighted by Gasteiger charge is -2.11. The van der Waals surface area contributed by atoms with Crippen molar-refractivity contribution in [2.24, 2.45) is 0 Å². The van der Waals surface area contributed by atoms with E-state index >= 15 is 0 Å². The molecule has 1 aliphatic rings. The molecule has 0 aliphatic carbocycles. The van der Waals surface area contributed by atoms with Crippen LogP contribution in [-0.4, -0.2) is 12.3 Å². The zero-order chi connectivity index (χ0) is 9.26. The van der Waals surface area contributed by atoms with Gasteiger partial charge in [0.05, 0.1) is 5.37 Å². The molecule has 0 saturated carbocycles. The van der Waals surface area contributed by atoms with Crippen molar-refractivity contribution in [3.8, 4) is 0 Å².